The molecule has 5 heteroatoms. The highest BCUT2D eigenvalue weighted by Gasteiger charge is 2.48. The van der Waals surface area contributed by atoms with Crippen molar-refractivity contribution in [3.8, 4) is 5.75 Å². The highest BCUT2D eigenvalue weighted by atomic mass is 32.1. The molecule has 0 aliphatic carbocycles. The van der Waals surface area contributed by atoms with Crippen LogP contribution in [0.25, 0.3) is 10.2 Å². The lowest BCUT2D eigenvalue weighted by Gasteiger charge is -2.51. The Labute approximate surface area is 143 Å². The van der Waals surface area contributed by atoms with Gasteiger partial charge in [0.1, 0.15) is 5.75 Å². The molecule has 2 aliphatic rings. The Morgan fingerprint density at radius 2 is 2.04 bits per heavy atom. The summed E-state index contributed by atoms with van der Waals surface area (Å²) in [5, 5.41) is 0. The van der Waals surface area contributed by atoms with Crippen molar-refractivity contribution >= 4 is 27.5 Å². The third-order valence-electron chi connectivity index (χ3n) is 5.00. The molecule has 3 aromatic rings. The molecule has 24 heavy (non-hydrogen) atoms. The Hall–Kier alpha value is -2.40. The molecule has 0 atom stereocenters. The summed E-state index contributed by atoms with van der Waals surface area (Å²) in [6, 6.07) is 14.0. The smallest absolute Gasteiger partial charge is 0.255 e. The highest BCUT2D eigenvalue weighted by molar-refractivity contribution is 7.17. The molecular formula is C19H16N2O2S. The maximum atomic E-state index is 12.9. The van der Waals surface area contributed by atoms with Gasteiger partial charge in [0.25, 0.3) is 5.91 Å². The van der Waals surface area contributed by atoms with Gasteiger partial charge >= 0.3 is 0 Å². The number of hydrogen-bond donors (Lipinski definition) is 0. The number of carbonyl (C=O) groups excluding carboxylic acids is 1. The number of amides is 1. The molecule has 0 radical (unpaired) electrons. The summed E-state index contributed by atoms with van der Waals surface area (Å²) in [4.78, 5) is 19.1. The number of likely N-dealkylation sites (tertiary alicyclic amines) is 1. The summed E-state index contributed by atoms with van der Waals surface area (Å²) in [7, 11) is 0. The number of fused-ring (bicyclic) bond motifs is 2. The van der Waals surface area contributed by atoms with Crippen LogP contribution >= 0.6 is 11.3 Å². The molecule has 120 valence electrons. The monoisotopic (exact) mass is 336 g/mol. The fraction of sp³-hybridized carbons (Fsp3) is 0.263. The Morgan fingerprint density at radius 1 is 1.17 bits per heavy atom. The quantitative estimate of drug-likeness (QED) is 0.684. The number of aromatic nitrogens is 1. The van der Waals surface area contributed by atoms with Gasteiger partial charge in [-0.15, -0.1) is 11.3 Å². The van der Waals surface area contributed by atoms with Gasteiger partial charge in [-0.25, -0.2) is 4.98 Å². The first-order valence-electron chi connectivity index (χ1n) is 8.06. The number of ether oxygens (including phenoxy) is 1. The SMILES string of the molecule is O=C(c1cccc2ncsc12)N1CC2(COc3ccccc3C2)C1. The molecule has 1 aromatic heterocycles. The minimum Gasteiger partial charge on any atom is -0.493 e. The second-order valence-corrected chi connectivity index (χ2v) is 7.60. The van der Waals surface area contributed by atoms with E-state index >= 15 is 0 Å². The predicted octanol–water partition coefficient (Wildman–Crippen LogP) is 3.37. The van der Waals surface area contributed by atoms with Gasteiger partial charge in [0.05, 0.1) is 27.9 Å². The Bertz CT molecular complexity index is 943. The van der Waals surface area contributed by atoms with E-state index in [0.717, 1.165) is 41.0 Å². The van der Waals surface area contributed by atoms with Crippen LogP contribution in [0.15, 0.2) is 48.0 Å². The lowest BCUT2D eigenvalue weighted by molar-refractivity contribution is -0.0289. The van der Waals surface area contributed by atoms with Crippen LogP contribution in [0.5, 0.6) is 5.75 Å². The number of thiazole rings is 1. The summed E-state index contributed by atoms with van der Waals surface area (Å²) in [5.41, 5.74) is 4.79. The number of benzene rings is 2. The van der Waals surface area contributed by atoms with Crippen LogP contribution in [0.4, 0.5) is 0 Å². The normalized spacial score (nSPS) is 18.1. The number of para-hydroxylation sites is 1. The van der Waals surface area contributed by atoms with Crippen LogP contribution < -0.4 is 4.74 Å². The number of carbonyl (C=O) groups is 1. The summed E-state index contributed by atoms with van der Waals surface area (Å²) in [6.45, 7) is 2.21. The van der Waals surface area contributed by atoms with Gasteiger partial charge in [0.2, 0.25) is 0 Å². The Kier molecular flexibility index (Phi) is 2.94. The molecule has 0 unspecified atom stereocenters. The first-order valence-corrected chi connectivity index (χ1v) is 8.94. The van der Waals surface area contributed by atoms with Gasteiger partial charge in [-0.05, 0) is 30.2 Å². The molecule has 1 amide bonds. The maximum Gasteiger partial charge on any atom is 0.255 e. The van der Waals surface area contributed by atoms with Crippen molar-refractivity contribution in [3.63, 3.8) is 0 Å². The van der Waals surface area contributed by atoms with Gasteiger partial charge in [-0.2, -0.15) is 0 Å². The third-order valence-corrected chi connectivity index (χ3v) is 5.87. The van der Waals surface area contributed by atoms with Crippen molar-refractivity contribution in [1.82, 2.24) is 9.88 Å². The molecule has 1 fully saturated rings. The van der Waals surface area contributed by atoms with E-state index in [1.165, 1.54) is 16.9 Å². The average molecular weight is 336 g/mol. The van der Waals surface area contributed by atoms with Gasteiger partial charge < -0.3 is 9.64 Å². The minimum absolute atomic E-state index is 0.0750. The minimum atomic E-state index is 0.0750. The van der Waals surface area contributed by atoms with Gasteiger partial charge in [0.15, 0.2) is 0 Å². The number of rotatable bonds is 1. The van der Waals surface area contributed by atoms with E-state index in [9.17, 15) is 4.79 Å². The van der Waals surface area contributed by atoms with Crippen molar-refractivity contribution in [3.05, 3.63) is 59.1 Å². The highest BCUT2D eigenvalue weighted by Crippen LogP contribution is 2.41. The first kappa shape index (κ1) is 14.0. The van der Waals surface area contributed by atoms with Crippen LogP contribution in [0, 0.1) is 5.41 Å². The summed E-state index contributed by atoms with van der Waals surface area (Å²) in [6.07, 6.45) is 0.984. The second kappa shape index (κ2) is 5.05. The van der Waals surface area contributed by atoms with Crippen molar-refractivity contribution < 1.29 is 9.53 Å². The van der Waals surface area contributed by atoms with Crippen molar-refractivity contribution in [2.75, 3.05) is 19.7 Å². The Morgan fingerprint density at radius 3 is 2.96 bits per heavy atom. The molecule has 4 nitrogen and oxygen atoms in total. The summed E-state index contributed by atoms with van der Waals surface area (Å²) in [5.74, 6) is 1.09. The fourth-order valence-electron chi connectivity index (χ4n) is 3.81. The van der Waals surface area contributed by atoms with Crippen LogP contribution in [0.1, 0.15) is 15.9 Å². The molecule has 0 bridgehead atoms. The third kappa shape index (κ3) is 2.04. The molecule has 3 heterocycles. The largest absolute Gasteiger partial charge is 0.493 e. The zero-order valence-electron chi connectivity index (χ0n) is 13.1. The summed E-state index contributed by atoms with van der Waals surface area (Å²) < 4.78 is 6.91. The number of nitrogens with zero attached hydrogens (tertiary/aromatic N) is 2. The zero-order chi connectivity index (χ0) is 16.1. The molecule has 5 rings (SSSR count). The lowest BCUT2D eigenvalue weighted by Crippen LogP contribution is -2.62. The van der Waals surface area contributed by atoms with Gasteiger partial charge in [-0.1, -0.05) is 24.3 Å². The van der Waals surface area contributed by atoms with Crippen molar-refractivity contribution in [2.24, 2.45) is 5.41 Å². The number of hydrogen-bond acceptors (Lipinski definition) is 4. The van der Waals surface area contributed by atoms with Crippen LogP contribution in [-0.4, -0.2) is 35.5 Å². The molecular weight excluding hydrogens is 320 g/mol. The second-order valence-electron chi connectivity index (χ2n) is 6.74. The standard InChI is InChI=1S/C19H16N2O2S/c22-18(14-5-3-6-15-17(14)24-12-20-15)21-9-19(10-21)8-13-4-1-2-7-16(13)23-11-19/h1-7,12H,8-11H2. The van der Waals surface area contributed by atoms with Crippen LogP contribution in [0.3, 0.4) is 0 Å². The molecule has 2 aliphatic heterocycles. The van der Waals surface area contributed by atoms with E-state index in [-0.39, 0.29) is 11.3 Å². The average Bonchev–Trinajstić information content (AvgIpc) is 3.07. The predicted molar refractivity (Wildman–Crippen MR) is 93.6 cm³/mol. The lowest BCUT2D eigenvalue weighted by atomic mass is 9.73. The van der Waals surface area contributed by atoms with Crippen LogP contribution in [0.2, 0.25) is 0 Å². The van der Waals surface area contributed by atoms with Gasteiger partial charge in [0, 0.05) is 18.5 Å². The molecule has 1 spiro atoms. The van der Waals surface area contributed by atoms with Gasteiger partial charge in [-0.3, -0.25) is 4.79 Å². The maximum absolute atomic E-state index is 12.9. The van der Waals surface area contributed by atoms with Crippen molar-refractivity contribution in [1.29, 1.82) is 0 Å². The molecule has 0 N–H and O–H groups in total. The fourth-order valence-corrected chi connectivity index (χ4v) is 4.61. The molecule has 1 saturated heterocycles. The van der Waals surface area contributed by atoms with E-state index in [1.807, 2.05) is 41.3 Å². The van der Waals surface area contributed by atoms with Crippen LogP contribution in [-0.2, 0) is 6.42 Å². The summed E-state index contributed by atoms with van der Waals surface area (Å²) >= 11 is 1.53. The molecule has 0 saturated carbocycles. The van der Waals surface area contributed by atoms with E-state index in [2.05, 4.69) is 11.1 Å². The zero-order valence-corrected chi connectivity index (χ0v) is 13.9. The van der Waals surface area contributed by atoms with E-state index < -0.39 is 0 Å². The van der Waals surface area contributed by atoms with E-state index in [4.69, 9.17) is 4.74 Å². The van der Waals surface area contributed by atoms with E-state index in [0.29, 0.717) is 6.61 Å². The first-order chi connectivity index (χ1) is 11.7. The molecule has 2 aromatic carbocycles. The Balaban J connectivity index is 1.37. The van der Waals surface area contributed by atoms with E-state index in [1.54, 1.807) is 5.51 Å². The topological polar surface area (TPSA) is 42.4 Å². The van der Waals surface area contributed by atoms with Crippen molar-refractivity contribution in [2.45, 2.75) is 6.42 Å².